The van der Waals surface area contributed by atoms with Crippen molar-refractivity contribution >= 4 is 16.8 Å². The molecule has 0 unspecified atom stereocenters. The monoisotopic (exact) mass is 445 g/mol. The zero-order valence-corrected chi connectivity index (χ0v) is 17.9. The third kappa shape index (κ3) is 4.15. The molecule has 0 aliphatic heterocycles. The molecule has 0 spiro atoms. The molecule has 2 aromatic heterocycles. The zero-order chi connectivity index (χ0) is 20.5. The van der Waals surface area contributed by atoms with Gasteiger partial charge in [0.25, 0.3) is 5.91 Å². The Hall–Kier alpha value is -2.96. The van der Waals surface area contributed by atoms with E-state index >= 15 is 0 Å². The fraction of sp³-hybridized carbons (Fsp3) is 0.167. The molecule has 4 nitrogen and oxygen atoms in total. The first kappa shape index (κ1) is 21.7. The number of fused-ring (bicyclic) bond motifs is 1. The third-order valence-corrected chi connectivity index (χ3v) is 5.05. The first-order chi connectivity index (χ1) is 13.9. The van der Waals surface area contributed by atoms with Crippen molar-refractivity contribution in [1.82, 2.24) is 15.3 Å². The molecule has 1 amide bonds. The van der Waals surface area contributed by atoms with Gasteiger partial charge in [-0.25, -0.2) is 4.39 Å². The average molecular weight is 445 g/mol. The SMILES string of the molecule is Cc1cccc(CNC(=O)c2cc(C)c(-c3ncc(F)c4[nH][c-]cc34)c(C)c2)c1.[Co]. The van der Waals surface area contributed by atoms with Gasteiger partial charge in [-0.1, -0.05) is 35.3 Å². The average Bonchev–Trinajstić information content (AvgIpc) is 3.18. The molecule has 1 radical (unpaired) electrons. The number of carbonyl (C=O) groups excluding carboxylic acids is 1. The zero-order valence-electron chi connectivity index (χ0n) is 16.9. The molecule has 0 aliphatic rings. The van der Waals surface area contributed by atoms with Gasteiger partial charge in [-0.3, -0.25) is 9.78 Å². The molecule has 4 rings (SSSR count). The van der Waals surface area contributed by atoms with E-state index in [2.05, 4.69) is 27.5 Å². The second kappa shape index (κ2) is 8.81. The van der Waals surface area contributed by atoms with Crippen molar-refractivity contribution in [2.45, 2.75) is 27.3 Å². The maximum atomic E-state index is 14.0. The Labute approximate surface area is 185 Å². The molecule has 0 saturated heterocycles. The predicted molar refractivity (Wildman–Crippen MR) is 112 cm³/mol. The van der Waals surface area contributed by atoms with Crippen LogP contribution in [0.1, 0.15) is 32.6 Å². The number of aromatic nitrogens is 2. The summed E-state index contributed by atoms with van der Waals surface area (Å²) < 4.78 is 14.0. The van der Waals surface area contributed by atoms with Crippen LogP contribution in [0, 0.1) is 32.8 Å². The summed E-state index contributed by atoms with van der Waals surface area (Å²) in [6, 6.07) is 13.4. The van der Waals surface area contributed by atoms with E-state index in [1.807, 2.05) is 51.1 Å². The van der Waals surface area contributed by atoms with Gasteiger partial charge in [0, 0.05) is 34.6 Å². The largest absolute Gasteiger partial charge is 0.475 e. The number of aromatic amines is 1. The first-order valence-electron chi connectivity index (χ1n) is 9.42. The van der Waals surface area contributed by atoms with Crippen molar-refractivity contribution in [3.8, 4) is 11.3 Å². The number of amides is 1. The number of nitrogens with zero attached hydrogens (tertiary/aromatic N) is 1. The molecule has 155 valence electrons. The van der Waals surface area contributed by atoms with Crippen molar-refractivity contribution in [3.63, 3.8) is 0 Å². The van der Waals surface area contributed by atoms with E-state index in [0.717, 1.165) is 27.8 Å². The van der Waals surface area contributed by atoms with E-state index in [1.165, 1.54) is 6.20 Å². The number of benzene rings is 2. The van der Waals surface area contributed by atoms with Gasteiger partial charge in [-0.2, -0.15) is 6.07 Å². The van der Waals surface area contributed by atoms with Crippen LogP contribution in [-0.4, -0.2) is 15.9 Å². The molecule has 0 atom stereocenters. The molecule has 2 heterocycles. The molecule has 2 N–H and O–H groups in total. The van der Waals surface area contributed by atoms with Gasteiger partial charge in [0.1, 0.15) is 0 Å². The van der Waals surface area contributed by atoms with Crippen LogP contribution in [0.5, 0.6) is 0 Å². The number of H-pyrrole nitrogens is 1. The molecule has 4 aromatic rings. The summed E-state index contributed by atoms with van der Waals surface area (Å²) in [5, 5.41) is 3.65. The van der Waals surface area contributed by atoms with Gasteiger partial charge in [0.2, 0.25) is 0 Å². The number of aryl methyl sites for hydroxylation is 3. The summed E-state index contributed by atoms with van der Waals surface area (Å²) in [6.07, 6.45) is 4.04. The molecule has 6 heteroatoms. The van der Waals surface area contributed by atoms with Crippen LogP contribution in [0.4, 0.5) is 4.39 Å². The minimum atomic E-state index is -0.410. The molecule has 2 aromatic carbocycles. The number of rotatable bonds is 4. The van der Waals surface area contributed by atoms with E-state index in [-0.39, 0.29) is 22.7 Å². The standard InChI is InChI=1S/C24H21FN3O.Co/c1-14-5-4-6-17(9-14)12-28-24(29)18-10-15(2)21(16(3)11-18)23-19-7-8-26-22(19)20(25)13-27-23;/h4-7,9-11,13,26H,12H2,1-3H3,(H,28,29);/q-1;. The number of hydrogen-bond donors (Lipinski definition) is 2. The summed E-state index contributed by atoms with van der Waals surface area (Å²) in [7, 11) is 0. The Kier molecular flexibility index (Phi) is 6.39. The van der Waals surface area contributed by atoms with Crippen molar-refractivity contribution < 1.29 is 26.0 Å². The van der Waals surface area contributed by atoms with Crippen LogP contribution in [0.2, 0.25) is 0 Å². The number of nitrogens with one attached hydrogen (secondary N) is 2. The molecule has 0 fully saturated rings. The fourth-order valence-corrected chi connectivity index (χ4v) is 3.72. The van der Waals surface area contributed by atoms with E-state index in [1.54, 1.807) is 6.07 Å². The summed E-state index contributed by atoms with van der Waals surface area (Å²) in [5.41, 5.74) is 6.60. The van der Waals surface area contributed by atoms with Crippen LogP contribution >= 0.6 is 0 Å². The minimum absolute atomic E-state index is 0. The molecular weight excluding hydrogens is 424 g/mol. The number of hydrogen-bond acceptors (Lipinski definition) is 2. The normalized spacial score (nSPS) is 10.7. The molecular formula is C24H21CoFN3O-. The van der Waals surface area contributed by atoms with E-state index in [0.29, 0.717) is 28.7 Å². The quantitative estimate of drug-likeness (QED) is 0.434. The predicted octanol–water partition coefficient (Wildman–Crippen LogP) is 5.02. The van der Waals surface area contributed by atoms with Gasteiger partial charge in [0.15, 0.2) is 0 Å². The van der Waals surface area contributed by atoms with E-state index in [4.69, 9.17) is 0 Å². The Bertz CT molecular complexity index is 1210. The molecule has 0 bridgehead atoms. The van der Waals surface area contributed by atoms with Crippen molar-refractivity contribution in [3.05, 3.63) is 88.5 Å². The van der Waals surface area contributed by atoms with Crippen molar-refractivity contribution in [1.29, 1.82) is 0 Å². The van der Waals surface area contributed by atoms with Gasteiger partial charge in [-0.15, -0.1) is 11.6 Å². The Morgan fingerprint density at radius 1 is 1.17 bits per heavy atom. The second-order valence-electron chi connectivity index (χ2n) is 7.31. The van der Waals surface area contributed by atoms with Crippen molar-refractivity contribution in [2.24, 2.45) is 0 Å². The topological polar surface area (TPSA) is 57.8 Å². The Morgan fingerprint density at radius 3 is 2.60 bits per heavy atom. The summed E-state index contributed by atoms with van der Waals surface area (Å²) in [4.78, 5) is 19.8. The summed E-state index contributed by atoms with van der Waals surface area (Å²) >= 11 is 0. The third-order valence-electron chi connectivity index (χ3n) is 5.05. The minimum Gasteiger partial charge on any atom is -0.475 e. The number of halogens is 1. The smallest absolute Gasteiger partial charge is 0.251 e. The van der Waals surface area contributed by atoms with Crippen LogP contribution in [0.3, 0.4) is 0 Å². The Balaban J connectivity index is 0.00000256. The van der Waals surface area contributed by atoms with Crippen LogP contribution in [-0.2, 0) is 23.3 Å². The number of carbonyl (C=O) groups is 1. The summed E-state index contributed by atoms with van der Waals surface area (Å²) in [5.74, 6) is -0.538. The maximum absolute atomic E-state index is 14.0. The first-order valence-corrected chi connectivity index (χ1v) is 9.42. The Morgan fingerprint density at radius 2 is 1.90 bits per heavy atom. The number of pyridine rings is 1. The van der Waals surface area contributed by atoms with Gasteiger partial charge in [-0.05, 0) is 55.2 Å². The van der Waals surface area contributed by atoms with Gasteiger partial charge in [0.05, 0.1) is 12.0 Å². The van der Waals surface area contributed by atoms with Gasteiger partial charge >= 0.3 is 0 Å². The van der Waals surface area contributed by atoms with E-state index in [9.17, 15) is 9.18 Å². The van der Waals surface area contributed by atoms with Crippen LogP contribution < -0.4 is 5.32 Å². The molecule has 0 saturated carbocycles. The van der Waals surface area contributed by atoms with E-state index < -0.39 is 5.82 Å². The fourth-order valence-electron chi connectivity index (χ4n) is 3.72. The summed E-state index contributed by atoms with van der Waals surface area (Å²) in [6.45, 7) is 6.37. The van der Waals surface area contributed by atoms with Gasteiger partial charge < -0.3 is 10.3 Å². The van der Waals surface area contributed by atoms with Crippen LogP contribution in [0.15, 0.2) is 48.7 Å². The van der Waals surface area contributed by atoms with Crippen LogP contribution in [0.25, 0.3) is 22.2 Å². The maximum Gasteiger partial charge on any atom is 0.251 e. The second-order valence-corrected chi connectivity index (χ2v) is 7.31. The van der Waals surface area contributed by atoms with Crippen molar-refractivity contribution in [2.75, 3.05) is 0 Å². The molecule has 0 aliphatic carbocycles. The molecule has 30 heavy (non-hydrogen) atoms.